The molecule has 1 unspecified atom stereocenters. The summed E-state index contributed by atoms with van der Waals surface area (Å²) < 4.78 is 48.3. The molecule has 1 aromatic heterocycles. The highest BCUT2D eigenvalue weighted by Crippen LogP contribution is 2.40. The van der Waals surface area contributed by atoms with Gasteiger partial charge in [-0.3, -0.25) is 9.78 Å². The largest absolute Gasteiger partial charge is 0.381 e. The summed E-state index contributed by atoms with van der Waals surface area (Å²) in [5, 5.41) is 6.95. The van der Waals surface area contributed by atoms with Gasteiger partial charge in [-0.1, -0.05) is 23.7 Å². The molecule has 4 N–H and O–H groups in total. The van der Waals surface area contributed by atoms with Gasteiger partial charge in [0.2, 0.25) is 15.9 Å². The third-order valence-corrected chi connectivity index (χ3v) is 11.9. The fourth-order valence-corrected chi connectivity index (χ4v) is 9.15. The molecule has 1 aromatic carbocycles. The van der Waals surface area contributed by atoms with E-state index in [1.165, 1.54) is 6.20 Å². The predicted molar refractivity (Wildman–Crippen MR) is 171 cm³/mol. The van der Waals surface area contributed by atoms with Crippen molar-refractivity contribution in [3.63, 3.8) is 0 Å². The number of aromatic nitrogens is 1. The maximum atomic E-state index is 15.2. The van der Waals surface area contributed by atoms with Gasteiger partial charge >= 0.3 is 0 Å². The zero-order valence-corrected chi connectivity index (χ0v) is 27.0. The second-order valence-electron chi connectivity index (χ2n) is 12.5. The minimum absolute atomic E-state index is 0.132. The molecule has 0 radical (unpaired) electrons. The van der Waals surface area contributed by atoms with Gasteiger partial charge in [0.05, 0.1) is 29.9 Å². The Bertz CT molecular complexity index is 1370. The van der Waals surface area contributed by atoms with Crippen molar-refractivity contribution in [3.8, 4) is 0 Å². The Morgan fingerprint density at radius 2 is 1.95 bits per heavy atom. The van der Waals surface area contributed by atoms with E-state index in [0.29, 0.717) is 49.0 Å². The number of amides is 1. The Morgan fingerprint density at radius 3 is 2.68 bits per heavy atom. The lowest BCUT2D eigenvalue weighted by molar-refractivity contribution is -0.118. The molecular formula is C32H45ClFN5O4S. The monoisotopic (exact) mass is 649 g/mol. The molecule has 242 valence electrons. The van der Waals surface area contributed by atoms with Crippen molar-refractivity contribution in [2.45, 2.75) is 82.3 Å². The van der Waals surface area contributed by atoms with Crippen molar-refractivity contribution in [1.82, 2.24) is 14.6 Å². The molecule has 3 aliphatic rings. The van der Waals surface area contributed by atoms with Crippen LogP contribution in [0.5, 0.6) is 0 Å². The van der Waals surface area contributed by atoms with Gasteiger partial charge in [0.25, 0.3) is 0 Å². The summed E-state index contributed by atoms with van der Waals surface area (Å²) in [7, 11) is -3.37. The summed E-state index contributed by atoms with van der Waals surface area (Å²) in [6.07, 6.45) is 8.53. The minimum atomic E-state index is -3.37. The van der Waals surface area contributed by atoms with E-state index in [0.717, 1.165) is 50.5 Å². The number of nitrogens with two attached hydrogens (primary N) is 1. The Kier molecular flexibility index (Phi) is 11.3. The lowest BCUT2D eigenvalue weighted by atomic mass is 9.71. The number of hydrogen-bond donors (Lipinski definition) is 3. The Balaban J connectivity index is 1.30. The smallest absolute Gasteiger partial charge is 0.241 e. The second kappa shape index (κ2) is 15.0. The summed E-state index contributed by atoms with van der Waals surface area (Å²) in [6.45, 7) is 4.39. The quantitative estimate of drug-likeness (QED) is 0.328. The first-order chi connectivity index (χ1) is 21.2. The summed E-state index contributed by atoms with van der Waals surface area (Å²) in [5.41, 5.74) is 8.25. The first-order valence-electron chi connectivity index (χ1n) is 15.9. The lowest BCUT2D eigenvalue weighted by Gasteiger charge is -2.37. The number of piperazine rings is 1. The Morgan fingerprint density at radius 1 is 1.20 bits per heavy atom. The number of fused-ring (bicyclic) bond motifs is 2. The highest BCUT2D eigenvalue weighted by atomic mass is 35.5. The number of halogens is 2. The van der Waals surface area contributed by atoms with Crippen molar-refractivity contribution in [1.29, 1.82) is 0 Å². The minimum Gasteiger partial charge on any atom is -0.381 e. The second-order valence-corrected chi connectivity index (χ2v) is 15.0. The van der Waals surface area contributed by atoms with Gasteiger partial charge in [0.1, 0.15) is 5.82 Å². The van der Waals surface area contributed by atoms with Crippen LogP contribution in [0.4, 0.5) is 10.1 Å². The number of rotatable bonds is 11. The van der Waals surface area contributed by atoms with Gasteiger partial charge in [0, 0.05) is 54.9 Å². The number of nitrogens with one attached hydrogen (secondary N) is 2. The Hall–Kier alpha value is -2.15. The molecule has 5 rings (SSSR count). The average Bonchev–Trinajstić information content (AvgIpc) is 3.13. The summed E-state index contributed by atoms with van der Waals surface area (Å²) in [5.74, 6) is -0.380. The van der Waals surface area contributed by atoms with Crippen LogP contribution in [0.15, 0.2) is 36.7 Å². The van der Waals surface area contributed by atoms with Crippen molar-refractivity contribution in [3.05, 3.63) is 58.6 Å². The molecule has 1 aliphatic carbocycles. The van der Waals surface area contributed by atoms with Gasteiger partial charge in [-0.25, -0.2) is 12.8 Å². The van der Waals surface area contributed by atoms with Crippen LogP contribution >= 0.6 is 11.6 Å². The number of benzene rings is 1. The zero-order valence-electron chi connectivity index (χ0n) is 25.4. The van der Waals surface area contributed by atoms with Crippen LogP contribution in [-0.2, 0) is 26.0 Å². The normalized spacial score (nSPS) is 28.0. The van der Waals surface area contributed by atoms with Crippen LogP contribution in [-0.4, -0.2) is 73.8 Å². The third kappa shape index (κ3) is 7.97. The molecule has 5 atom stereocenters. The SMILES string of the molecule is CCOC[C@H]1CC[C@H]([C@H](c2ccc(Cl)cc2)[C@H](N)C(=O)Nc2cncc(F)c2CC[C@H]2CN[C@@H]3CCCS(=O)(=O)N2C3)CC1. The molecule has 2 saturated heterocycles. The lowest BCUT2D eigenvalue weighted by Crippen LogP contribution is -2.57. The van der Waals surface area contributed by atoms with Crippen LogP contribution in [0.1, 0.15) is 68.9 Å². The molecule has 3 fully saturated rings. The number of carbonyl (C=O) groups is 1. The van der Waals surface area contributed by atoms with E-state index in [4.69, 9.17) is 22.1 Å². The van der Waals surface area contributed by atoms with Crippen molar-refractivity contribution < 1.29 is 22.3 Å². The predicted octanol–water partition coefficient (Wildman–Crippen LogP) is 4.47. The number of sulfonamides is 1. The molecule has 12 heteroatoms. The van der Waals surface area contributed by atoms with Gasteiger partial charge in [-0.05, 0) is 87.8 Å². The first-order valence-corrected chi connectivity index (χ1v) is 17.9. The number of anilines is 1. The van der Waals surface area contributed by atoms with E-state index in [1.54, 1.807) is 4.31 Å². The number of hydrogen-bond acceptors (Lipinski definition) is 7. The van der Waals surface area contributed by atoms with Gasteiger partial charge < -0.3 is 21.1 Å². The Labute approximate surface area is 265 Å². The fraction of sp³-hybridized carbons (Fsp3) is 0.625. The van der Waals surface area contributed by atoms with Crippen LogP contribution < -0.4 is 16.4 Å². The van der Waals surface area contributed by atoms with Gasteiger partial charge in [-0.2, -0.15) is 4.31 Å². The van der Waals surface area contributed by atoms with Crippen molar-refractivity contribution >= 4 is 33.2 Å². The summed E-state index contributed by atoms with van der Waals surface area (Å²) in [6, 6.07) is 6.46. The van der Waals surface area contributed by atoms with E-state index in [1.807, 2.05) is 31.2 Å². The van der Waals surface area contributed by atoms with Crippen molar-refractivity contribution in [2.24, 2.45) is 17.6 Å². The molecule has 1 saturated carbocycles. The van der Waals surface area contributed by atoms with E-state index >= 15 is 4.39 Å². The molecule has 0 spiro atoms. The van der Waals surface area contributed by atoms with E-state index < -0.39 is 27.8 Å². The summed E-state index contributed by atoms with van der Waals surface area (Å²) in [4.78, 5) is 17.7. The number of pyridine rings is 1. The highest BCUT2D eigenvalue weighted by Gasteiger charge is 2.39. The maximum Gasteiger partial charge on any atom is 0.241 e. The van der Waals surface area contributed by atoms with E-state index in [2.05, 4.69) is 15.6 Å². The topological polar surface area (TPSA) is 127 Å². The number of nitrogens with zero attached hydrogens (tertiary/aromatic N) is 2. The third-order valence-electron chi connectivity index (χ3n) is 9.65. The van der Waals surface area contributed by atoms with Crippen LogP contribution in [0.25, 0.3) is 0 Å². The summed E-state index contributed by atoms with van der Waals surface area (Å²) >= 11 is 6.18. The molecule has 2 aliphatic heterocycles. The van der Waals surface area contributed by atoms with Gasteiger partial charge in [-0.15, -0.1) is 0 Å². The molecular weight excluding hydrogens is 605 g/mol. The average molecular weight is 650 g/mol. The zero-order chi connectivity index (χ0) is 31.3. The fourth-order valence-electron chi connectivity index (χ4n) is 7.21. The molecule has 44 heavy (non-hydrogen) atoms. The van der Waals surface area contributed by atoms with Crippen LogP contribution in [0.2, 0.25) is 5.02 Å². The molecule has 1 amide bonds. The molecule has 2 bridgehead atoms. The maximum absolute atomic E-state index is 15.2. The molecule has 3 heterocycles. The number of ether oxygens (including phenoxy) is 1. The van der Waals surface area contributed by atoms with E-state index in [9.17, 15) is 13.2 Å². The van der Waals surface area contributed by atoms with Crippen LogP contribution in [0.3, 0.4) is 0 Å². The van der Waals surface area contributed by atoms with Gasteiger partial charge in [0.15, 0.2) is 0 Å². The first kappa shape index (κ1) is 33.2. The standard InChI is InChI=1S/C32H45ClFN5O4S/c1-2-43-20-21-5-7-22(8-6-21)30(23-9-11-24(33)12-10-23)31(35)32(40)38-29-18-36-17-28(34)27(29)14-13-26-16-37-25-4-3-15-44(41,42)39(26)19-25/h9-12,17-18,21-22,25-26,30-31,37H,2-8,13-16,19-20,35H2,1H3,(H,38,40)/t21-,22-,25-,26+,30-,31+/m1/s1. The van der Waals surface area contributed by atoms with Crippen LogP contribution in [0, 0.1) is 17.7 Å². The molecule has 2 aromatic rings. The highest BCUT2D eigenvalue weighted by molar-refractivity contribution is 7.89. The molecule has 9 nitrogen and oxygen atoms in total. The van der Waals surface area contributed by atoms with Crippen molar-refractivity contribution in [2.75, 3.05) is 37.4 Å². The van der Waals surface area contributed by atoms with E-state index in [-0.39, 0.29) is 41.8 Å². The number of carbonyl (C=O) groups excluding carboxylic acids is 1.